The molecule has 4 heteroatoms. The number of hydrogen-bond donors (Lipinski definition) is 1. The van der Waals surface area contributed by atoms with Gasteiger partial charge in [-0.25, -0.2) is 0 Å². The van der Waals surface area contributed by atoms with E-state index >= 15 is 0 Å². The standard InChI is InChI=1S/C19H21NO3/c1-13-8-9-17(10-15(13)3)20-18(21)12-23-19(22)11-16-7-5-4-6-14(16)2/h4-10H,11-12H2,1-3H3,(H,20,21). The molecule has 0 atom stereocenters. The van der Waals surface area contributed by atoms with Gasteiger partial charge >= 0.3 is 5.97 Å². The Bertz CT molecular complexity index is 722. The first kappa shape index (κ1) is 16.7. The van der Waals surface area contributed by atoms with E-state index in [-0.39, 0.29) is 18.9 Å². The number of esters is 1. The van der Waals surface area contributed by atoms with Crippen molar-refractivity contribution in [2.75, 3.05) is 11.9 Å². The molecule has 0 radical (unpaired) electrons. The van der Waals surface area contributed by atoms with Gasteiger partial charge in [0.1, 0.15) is 0 Å². The van der Waals surface area contributed by atoms with Crippen molar-refractivity contribution in [3.63, 3.8) is 0 Å². The number of rotatable bonds is 5. The number of amides is 1. The second kappa shape index (κ2) is 7.58. The highest BCUT2D eigenvalue weighted by atomic mass is 16.5. The highest BCUT2D eigenvalue weighted by molar-refractivity contribution is 5.93. The van der Waals surface area contributed by atoms with Crippen LogP contribution in [-0.4, -0.2) is 18.5 Å². The Kier molecular flexibility index (Phi) is 5.52. The van der Waals surface area contributed by atoms with E-state index in [4.69, 9.17) is 4.74 Å². The average molecular weight is 311 g/mol. The van der Waals surface area contributed by atoms with Crippen LogP contribution in [0.1, 0.15) is 22.3 Å². The maximum absolute atomic E-state index is 11.8. The Balaban J connectivity index is 1.83. The second-order valence-corrected chi connectivity index (χ2v) is 5.61. The Morgan fingerprint density at radius 1 is 0.957 bits per heavy atom. The van der Waals surface area contributed by atoms with E-state index in [9.17, 15) is 9.59 Å². The molecule has 0 saturated carbocycles. The van der Waals surface area contributed by atoms with E-state index in [1.165, 1.54) is 0 Å². The van der Waals surface area contributed by atoms with Crippen molar-refractivity contribution in [1.29, 1.82) is 0 Å². The van der Waals surface area contributed by atoms with Crippen LogP contribution in [0.2, 0.25) is 0 Å². The summed E-state index contributed by atoms with van der Waals surface area (Å²) in [6.07, 6.45) is 0.170. The SMILES string of the molecule is Cc1ccc(NC(=O)COC(=O)Cc2ccccc2C)cc1C. The van der Waals surface area contributed by atoms with Crippen LogP contribution in [0.25, 0.3) is 0 Å². The Morgan fingerprint density at radius 3 is 2.39 bits per heavy atom. The molecule has 1 N–H and O–H groups in total. The lowest BCUT2D eigenvalue weighted by molar-refractivity contribution is -0.146. The predicted octanol–water partition coefficient (Wildman–Crippen LogP) is 3.34. The molecule has 2 aromatic rings. The van der Waals surface area contributed by atoms with Crippen LogP contribution in [-0.2, 0) is 20.7 Å². The van der Waals surface area contributed by atoms with Gasteiger partial charge in [0, 0.05) is 5.69 Å². The molecule has 1 amide bonds. The molecule has 23 heavy (non-hydrogen) atoms. The summed E-state index contributed by atoms with van der Waals surface area (Å²) in [5.74, 6) is -0.749. The largest absolute Gasteiger partial charge is 0.455 e. The molecule has 4 nitrogen and oxygen atoms in total. The number of anilines is 1. The third-order valence-electron chi connectivity index (χ3n) is 3.75. The number of carbonyl (C=O) groups is 2. The molecule has 0 aliphatic carbocycles. The summed E-state index contributed by atoms with van der Waals surface area (Å²) >= 11 is 0. The van der Waals surface area contributed by atoms with Crippen LogP contribution in [0, 0.1) is 20.8 Å². The van der Waals surface area contributed by atoms with Crippen molar-refractivity contribution in [3.05, 3.63) is 64.7 Å². The fourth-order valence-electron chi connectivity index (χ4n) is 2.18. The summed E-state index contributed by atoms with van der Waals surface area (Å²) in [5.41, 5.74) is 4.90. The summed E-state index contributed by atoms with van der Waals surface area (Å²) in [6, 6.07) is 13.3. The second-order valence-electron chi connectivity index (χ2n) is 5.61. The third-order valence-corrected chi connectivity index (χ3v) is 3.75. The van der Waals surface area contributed by atoms with Gasteiger partial charge in [0.2, 0.25) is 0 Å². The molecule has 0 aliphatic rings. The quantitative estimate of drug-likeness (QED) is 0.862. The van der Waals surface area contributed by atoms with Crippen LogP contribution in [0.5, 0.6) is 0 Å². The molecule has 0 spiro atoms. The van der Waals surface area contributed by atoms with E-state index in [0.29, 0.717) is 5.69 Å². The van der Waals surface area contributed by atoms with Gasteiger partial charge in [-0.15, -0.1) is 0 Å². The molecule has 0 heterocycles. The lowest BCUT2D eigenvalue weighted by Gasteiger charge is -2.09. The summed E-state index contributed by atoms with van der Waals surface area (Å²) in [4.78, 5) is 23.7. The van der Waals surface area contributed by atoms with Gasteiger partial charge in [-0.05, 0) is 55.2 Å². The number of hydrogen-bond acceptors (Lipinski definition) is 3. The first-order valence-electron chi connectivity index (χ1n) is 7.53. The minimum atomic E-state index is -0.408. The topological polar surface area (TPSA) is 55.4 Å². The van der Waals surface area contributed by atoms with E-state index < -0.39 is 5.97 Å². The smallest absolute Gasteiger partial charge is 0.310 e. The Morgan fingerprint density at radius 2 is 1.70 bits per heavy atom. The molecular formula is C19H21NO3. The molecule has 0 unspecified atom stereocenters. The molecular weight excluding hydrogens is 290 g/mol. The van der Waals surface area contributed by atoms with E-state index in [0.717, 1.165) is 22.3 Å². The lowest BCUT2D eigenvalue weighted by Crippen LogP contribution is -2.21. The molecule has 2 rings (SSSR count). The zero-order valence-electron chi connectivity index (χ0n) is 13.7. The van der Waals surface area contributed by atoms with Gasteiger partial charge in [-0.1, -0.05) is 30.3 Å². The van der Waals surface area contributed by atoms with Gasteiger partial charge in [0.05, 0.1) is 6.42 Å². The van der Waals surface area contributed by atoms with Gasteiger partial charge in [-0.2, -0.15) is 0 Å². The van der Waals surface area contributed by atoms with Crippen LogP contribution in [0.15, 0.2) is 42.5 Å². The molecule has 120 valence electrons. The van der Waals surface area contributed by atoms with Gasteiger partial charge in [0.15, 0.2) is 6.61 Å². The maximum Gasteiger partial charge on any atom is 0.310 e. The first-order chi connectivity index (χ1) is 11.0. The van der Waals surface area contributed by atoms with Gasteiger partial charge < -0.3 is 10.1 Å². The molecule has 2 aromatic carbocycles. The van der Waals surface area contributed by atoms with E-state index in [1.807, 2.05) is 63.2 Å². The highest BCUT2D eigenvalue weighted by Gasteiger charge is 2.10. The highest BCUT2D eigenvalue weighted by Crippen LogP contribution is 2.14. The number of benzene rings is 2. The Hall–Kier alpha value is -2.62. The average Bonchev–Trinajstić information content (AvgIpc) is 2.51. The number of carbonyl (C=O) groups excluding carboxylic acids is 2. The van der Waals surface area contributed by atoms with Crippen molar-refractivity contribution in [2.45, 2.75) is 27.2 Å². The van der Waals surface area contributed by atoms with Crippen molar-refractivity contribution >= 4 is 17.6 Å². The zero-order chi connectivity index (χ0) is 16.8. The lowest BCUT2D eigenvalue weighted by atomic mass is 10.1. The van der Waals surface area contributed by atoms with Crippen molar-refractivity contribution in [3.8, 4) is 0 Å². The molecule has 0 aromatic heterocycles. The van der Waals surface area contributed by atoms with Crippen LogP contribution in [0.3, 0.4) is 0 Å². The first-order valence-corrected chi connectivity index (χ1v) is 7.53. The summed E-state index contributed by atoms with van der Waals surface area (Å²) < 4.78 is 5.04. The molecule has 0 saturated heterocycles. The Labute approximate surface area is 136 Å². The number of aryl methyl sites for hydroxylation is 3. The van der Waals surface area contributed by atoms with Crippen molar-refractivity contribution < 1.29 is 14.3 Å². The van der Waals surface area contributed by atoms with Crippen LogP contribution >= 0.6 is 0 Å². The predicted molar refractivity (Wildman–Crippen MR) is 90.4 cm³/mol. The van der Waals surface area contributed by atoms with Gasteiger partial charge in [-0.3, -0.25) is 9.59 Å². The summed E-state index contributed by atoms with van der Waals surface area (Å²) in [7, 11) is 0. The monoisotopic (exact) mass is 311 g/mol. The maximum atomic E-state index is 11.8. The van der Waals surface area contributed by atoms with E-state index in [1.54, 1.807) is 0 Å². The van der Waals surface area contributed by atoms with Crippen molar-refractivity contribution in [1.82, 2.24) is 0 Å². The number of ether oxygens (including phenoxy) is 1. The molecule has 0 fully saturated rings. The third kappa shape index (κ3) is 4.95. The minimum absolute atomic E-state index is 0.170. The summed E-state index contributed by atoms with van der Waals surface area (Å²) in [6.45, 7) is 5.65. The van der Waals surface area contributed by atoms with E-state index in [2.05, 4.69) is 5.32 Å². The molecule has 0 bridgehead atoms. The molecule has 0 aliphatic heterocycles. The number of nitrogens with one attached hydrogen (secondary N) is 1. The zero-order valence-corrected chi connectivity index (χ0v) is 13.7. The fourth-order valence-corrected chi connectivity index (χ4v) is 2.18. The fraction of sp³-hybridized carbons (Fsp3) is 0.263. The summed E-state index contributed by atoms with van der Waals surface area (Å²) in [5, 5.41) is 2.72. The van der Waals surface area contributed by atoms with Crippen LogP contribution < -0.4 is 5.32 Å². The van der Waals surface area contributed by atoms with Crippen LogP contribution in [0.4, 0.5) is 5.69 Å². The van der Waals surface area contributed by atoms with Gasteiger partial charge in [0.25, 0.3) is 5.91 Å². The van der Waals surface area contributed by atoms with Crippen molar-refractivity contribution in [2.24, 2.45) is 0 Å². The normalized spacial score (nSPS) is 10.2. The minimum Gasteiger partial charge on any atom is -0.455 e.